The lowest BCUT2D eigenvalue weighted by Crippen LogP contribution is -2.78. The Labute approximate surface area is 311 Å². The van der Waals surface area contributed by atoms with Crippen LogP contribution in [-0.2, 0) is 23.6 Å². The summed E-state index contributed by atoms with van der Waals surface area (Å²) in [6.45, 7) is 0.520. The van der Waals surface area contributed by atoms with Crippen LogP contribution in [0.3, 0.4) is 0 Å². The molecule has 14 N–H and O–H groups in total. The van der Waals surface area contributed by atoms with Gasteiger partial charge < -0.3 is 66.4 Å². The number of benzene rings is 2. The fourth-order valence-corrected chi connectivity index (χ4v) is 6.71. The molecule has 4 atom stereocenters. The van der Waals surface area contributed by atoms with Crippen molar-refractivity contribution < 1.29 is 102 Å². The molecule has 3 rings (SSSR count). The summed E-state index contributed by atoms with van der Waals surface area (Å²) in [5.41, 5.74) is -7.06. The number of aliphatic hydroxyl groups excluding tert-OH is 2. The molecule has 1 saturated heterocycles. The van der Waals surface area contributed by atoms with Crippen LogP contribution < -0.4 is 5.32 Å². The molecule has 1 amide bonds. The normalized spacial score (nSPS) is 19.1. The first-order chi connectivity index (χ1) is 25.3. The summed E-state index contributed by atoms with van der Waals surface area (Å²) >= 11 is 0. The largest absolute Gasteiger partial charge is 0.507 e. The lowest BCUT2D eigenvalue weighted by atomic mass is 9.87. The van der Waals surface area contributed by atoms with Gasteiger partial charge >= 0.3 is 24.2 Å². The molecule has 18 nitrogen and oxygen atoms in total. The highest BCUT2D eigenvalue weighted by atomic mass is 19.4. The number of aliphatic hydroxyl groups is 8. The zero-order valence-electron chi connectivity index (χ0n) is 29.6. The minimum atomic E-state index is -5.78. The van der Waals surface area contributed by atoms with Crippen molar-refractivity contribution in [3.63, 3.8) is 0 Å². The van der Waals surface area contributed by atoms with Gasteiger partial charge in [0.05, 0.1) is 0 Å². The molecule has 2 aromatic rings. The van der Waals surface area contributed by atoms with Gasteiger partial charge in [-0.25, -0.2) is 4.39 Å². The molecule has 0 aromatic heterocycles. The number of phenols is 5. The van der Waals surface area contributed by atoms with Gasteiger partial charge in [0.2, 0.25) is 5.91 Å². The van der Waals surface area contributed by atoms with Crippen LogP contribution in [0.1, 0.15) is 60.5 Å². The lowest BCUT2D eigenvalue weighted by Gasteiger charge is -2.53. The number of rotatable bonds is 12. The monoisotopic (exact) mass is 826 g/mol. The number of carbonyl (C=O) groups is 1. The van der Waals surface area contributed by atoms with E-state index in [1.807, 2.05) is 0 Å². The number of piperidine rings is 1. The summed E-state index contributed by atoms with van der Waals surface area (Å²) in [4.78, 5) is 13.1. The molecule has 2 aromatic carbocycles. The van der Waals surface area contributed by atoms with E-state index in [9.17, 15) is 102 Å². The third kappa shape index (κ3) is 8.61. The van der Waals surface area contributed by atoms with Crippen molar-refractivity contribution >= 4 is 5.91 Å². The quantitative estimate of drug-likeness (QED) is 0.0721. The Kier molecular flexibility index (Phi) is 13.0. The first kappa shape index (κ1) is 46.4. The Bertz CT molecular complexity index is 1750. The van der Waals surface area contributed by atoms with E-state index in [2.05, 4.69) is 0 Å². The summed E-state index contributed by atoms with van der Waals surface area (Å²) in [5.74, 6) is -23.9. The molecule has 0 bridgehead atoms. The molecule has 0 saturated carbocycles. The predicted molar refractivity (Wildman–Crippen MR) is 170 cm³/mol. The number of aryl methyl sites for hydroxylation is 1. The van der Waals surface area contributed by atoms with Crippen LogP contribution in [-0.4, -0.2) is 143 Å². The van der Waals surface area contributed by atoms with Crippen LogP contribution >= 0.6 is 0 Å². The maximum Gasteiger partial charge on any atom is 0.423 e. The van der Waals surface area contributed by atoms with Crippen LogP contribution in [0, 0.1) is 12.7 Å². The first-order valence-corrected chi connectivity index (χ1v) is 16.1. The fourth-order valence-electron chi connectivity index (χ4n) is 6.71. The van der Waals surface area contributed by atoms with E-state index in [-0.39, 0.29) is 10.5 Å². The first-order valence-electron chi connectivity index (χ1n) is 16.1. The zero-order valence-corrected chi connectivity index (χ0v) is 29.6. The Morgan fingerprint density at radius 2 is 1.41 bits per heavy atom. The van der Waals surface area contributed by atoms with E-state index < -0.39 is 150 Å². The number of amides is 1. The van der Waals surface area contributed by atoms with Gasteiger partial charge in [-0.2, -0.15) is 31.2 Å². The third-order valence-electron chi connectivity index (χ3n) is 9.48. The van der Waals surface area contributed by atoms with Crippen LogP contribution in [0.15, 0.2) is 6.07 Å². The van der Waals surface area contributed by atoms with Crippen molar-refractivity contribution in [2.45, 2.75) is 94.6 Å². The summed E-state index contributed by atoms with van der Waals surface area (Å²) in [5, 5.41) is 138. The number of hydrogen-bond donors (Lipinski definition) is 14. The Hall–Kier alpha value is -4.02. The maximum absolute atomic E-state index is 14.4. The highest BCUT2D eigenvalue weighted by molar-refractivity contribution is 5.73. The molecule has 1 heterocycles. The highest BCUT2D eigenvalue weighted by Crippen LogP contribution is 2.54. The Balaban J connectivity index is 2.18. The molecule has 1 fully saturated rings. The average Bonchev–Trinajstić information content (AvgIpc) is 3.02. The van der Waals surface area contributed by atoms with E-state index >= 15 is 0 Å². The average molecular weight is 827 g/mol. The van der Waals surface area contributed by atoms with Crippen molar-refractivity contribution in [2.24, 2.45) is 0 Å². The van der Waals surface area contributed by atoms with Crippen molar-refractivity contribution in [1.29, 1.82) is 0 Å². The number of likely N-dealkylation sites (N-methyl/N-ethyl adjacent to an activating group) is 1. The van der Waals surface area contributed by atoms with Crippen LogP contribution in [0.5, 0.6) is 28.7 Å². The number of likely N-dealkylation sites (tertiary alicyclic amines) is 1. The number of alkyl halides is 6. The van der Waals surface area contributed by atoms with E-state index in [0.29, 0.717) is 13.0 Å². The molecule has 0 aliphatic carbocycles. The molecule has 1 aliphatic rings. The van der Waals surface area contributed by atoms with Crippen molar-refractivity contribution in [1.82, 2.24) is 20.0 Å². The molecule has 4 unspecified atom stereocenters. The number of carbonyl (C=O) groups excluding carboxylic acids is 1. The molecule has 56 heavy (non-hydrogen) atoms. The highest BCUT2D eigenvalue weighted by Gasteiger charge is 2.62. The van der Waals surface area contributed by atoms with Gasteiger partial charge in [-0.05, 0) is 51.8 Å². The molecule has 1 aliphatic heterocycles. The van der Waals surface area contributed by atoms with Gasteiger partial charge in [0.15, 0.2) is 23.7 Å². The summed E-state index contributed by atoms with van der Waals surface area (Å²) in [6, 6.07) is -4.30. The number of halogens is 7. The fraction of sp³-hybridized carbons (Fsp3) is 0.581. The van der Waals surface area contributed by atoms with Crippen molar-refractivity contribution in [2.75, 3.05) is 20.2 Å². The number of nitrogens with zero attached hydrogens (tertiary/aromatic N) is 3. The molecular formula is C31H41F7N4O14. The molecule has 25 heteroatoms. The Morgan fingerprint density at radius 1 is 0.911 bits per heavy atom. The number of aromatic hydroxyl groups is 5. The minimum Gasteiger partial charge on any atom is -0.507 e. The maximum atomic E-state index is 14.4. The lowest BCUT2D eigenvalue weighted by molar-refractivity contribution is -0.481. The molecular weight excluding hydrogens is 785 g/mol. The van der Waals surface area contributed by atoms with Gasteiger partial charge in [0.1, 0.15) is 35.0 Å². The molecule has 0 radical (unpaired) electrons. The van der Waals surface area contributed by atoms with Crippen molar-refractivity contribution in [3.05, 3.63) is 39.7 Å². The van der Waals surface area contributed by atoms with Crippen LogP contribution in [0.2, 0.25) is 0 Å². The standard InChI is InChI=1S/C31H41F7N4O14/c1-11-7-16(32)23(47)24(48)18(11)17-9-14(42(27(51,52)10-43)31(55,56)30(53,54)39-13(3)44)5-6-41(17)26(50)40(4)12(2)8-15-21(45)19(28(33,34)35)25(49)20(22(15)46)29(36,37)38/h7,12,14,17,26,43,45-56H,5-6,8-10H2,1-4H3,(H,39,44). The summed E-state index contributed by atoms with van der Waals surface area (Å²) in [7, 11) is 1.04. The second kappa shape index (κ2) is 15.7. The van der Waals surface area contributed by atoms with E-state index in [0.717, 1.165) is 23.8 Å². The van der Waals surface area contributed by atoms with Crippen LogP contribution in [0.25, 0.3) is 0 Å². The van der Waals surface area contributed by atoms with Crippen molar-refractivity contribution in [3.8, 4) is 28.7 Å². The minimum absolute atomic E-state index is 0.196. The topological polar surface area (TPSA) is 302 Å². The van der Waals surface area contributed by atoms with Gasteiger partial charge in [-0.3, -0.25) is 19.9 Å². The van der Waals surface area contributed by atoms with E-state index in [1.54, 1.807) is 0 Å². The van der Waals surface area contributed by atoms with Gasteiger partial charge in [-0.15, -0.1) is 0 Å². The van der Waals surface area contributed by atoms with Crippen LogP contribution in [0.4, 0.5) is 30.7 Å². The SMILES string of the molecule is CC(=O)NC(O)(O)C(O)(O)N(C1CCN(C(O)N(C)C(C)Cc2c(O)c(C(F)(F)F)c(O)c(C(F)(F)F)c2O)C(c2c(C)cc(F)c(O)c2O)C1)C(O)(O)CO. The summed E-state index contributed by atoms with van der Waals surface area (Å²) < 4.78 is 96.9. The van der Waals surface area contributed by atoms with E-state index in [4.69, 9.17) is 0 Å². The zero-order chi connectivity index (χ0) is 43.4. The van der Waals surface area contributed by atoms with Gasteiger partial charge in [-0.1, -0.05) is 0 Å². The Morgan fingerprint density at radius 3 is 1.86 bits per heavy atom. The molecule has 318 valence electrons. The van der Waals surface area contributed by atoms with Gasteiger partial charge in [0, 0.05) is 42.7 Å². The number of hydrogen-bond acceptors (Lipinski definition) is 17. The predicted octanol–water partition coefficient (Wildman–Crippen LogP) is -0.610. The second-order valence-corrected chi connectivity index (χ2v) is 13.3. The third-order valence-corrected chi connectivity index (χ3v) is 9.48. The number of phenolic OH excluding ortho intramolecular Hbond substituents is 5. The second-order valence-electron chi connectivity index (χ2n) is 13.3. The van der Waals surface area contributed by atoms with E-state index in [1.165, 1.54) is 12.2 Å². The molecule has 0 spiro atoms. The smallest absolute Gasteiger partial charge is 0.423 e. The van der Waals surface area contributed by atoms with Gasteiger partial charge in [0.25, 0.3) is 5.91 Å². The summed E-state index contributed by atoms with van der Waals surface area (Å²) in [6.07, 6.45) is -16.2. The number of nitrogens with one attached hydrogen (secondary N) is 1.